The highest BCUT2D eigenvalue weighted by molar-refractivity contribution is 7.14. The molecule has 1 aliphatic carbocycles. The van der Waals surface area contributed by atoms with Crippen LogP contribution < -0.4 is 11.1 Å². The largest absolute Gasteiger partial charge is 0.399 e. The predicted molar refractivity (Wildman–Crippen MR) is 87.1 cm³/mol. The lowest BCUT2D eigenvalue weighted by Crippen LogP contribution is -2.24. The lowest BCUT2D eigenvalue weighted by molar-refractivity contribution is -0.120. The van der Waals surface area contributed by atoms with Crippen molar-refractivity contribution in [3.05, 3.63) is 29.6 Å². The average Bonchev–Trinajstić information content (AvgIpc) is 3.09. The molecule has 0 saturated heterocycles. The number of aromatic nitrogens is 1. The summed E-state index contributed by atoms with van der Waals surface area (Å²) in [7, 11) is 0. The van der Waals surface area contributed by atoms with Crippen molar-refractivity contribution in [1.82, 2.24) is 4.98 Å². The first-order valence-corrected chi connectivity index (χ1v) is 8.14. The highest BCUT2D eigenvalue weighted by Crippen LogP contribution is 2.33. The van der Waals surface area contributed by atoms with E-state index in [0.29, 0.717) is 11.0 Å². The van der Waals surface area contributed by atoms with Crippen LogP contribution in [0.15, 0.2) is 29.6 Å². The summed E-state index contributed by atoms with van der Waals surface area (Å²) in [5.74, 6) is 0.716. The number of hydrogen-bond acceptors (Lipinski definition) is 4. The number of nitrogen functional groups attached to an aromatic ring is 1. The lowest BCUT2D eigenvalue weighted by atomic mass is 9.97. The van der Waals surface area contributed by atoms with Gasteiger partial charge >= 0.3 is 0 Å². The summed E-state index contributed by atoms with van der Waals surface area (Å²) in [4.78, 5) is 16.7. The number of thiazole rings is 1. The molecule has 2 aromatic rings. The molecule has 0 spiro atoms. The number of nitrogens with zero attached hydrogens (tertiary/aromatic N) is 1. The van der Waals surface area contributed by atoms with Crippen molar-refractivity contribution < 1.29 is 4.79 Å². The van der Waals surface area contributed by atoms with Crippen molar-refractivity contribution >= 4 is 28.1 Å². The van der Waals surface area contributed by atoms with Crippen molar-refractivity contribution in [3.63, 3.8) is 0 Å². The van der Waals surface area contributed by atoms with Crippen molar-refractivity contribution in [2.45, 2.75) is 26.2 Å². The molecule has 0 radical (unpaired) electrons. The number of nitrogens with two attached hydrogens (primary N) is 1. The Morgan fingerprint density at radius 3 is 2.76 bits per heavy atom. The van der Waals surface area contributed by atoms with Crippen LogP contribution in [0, 0.1) is 11.8 Å². The van der Waals surface area contributed by atoms with Crippen molar-refractivity contribution in [1.29, 1.82) is 0 Å². The highest BCUT2D eigenvalue weighted by Gasteiger charge is 2.30. The summed E-state index contributed by atoms with van der Waals surface area (Å²) in [6.45, 7) is 2.15. The van der Waals surface area contributed by atoms with E-state index in [1.54, 1.807) is 0 Å². The van der Waals surface area contributed by atoms with Gasteiger partial charge in [0.1, 0.15) is 0 Å². The van der Waals surface area contributed by atoms with Crippen LogP contribution >= 0.6 is 11.3 Å². The van der Waals surface area contributed by atoms with E-state index in [0.717, 1.165) is 36.2 Å². The van der Waals surface area contributed by atoms with Gasteiger partial charge in [0.15, 0.2) is 5.13 Å². The number of rotatable bonds is 3. The molecule has 1 fully saturated rings. The molecule has 2 atom stereocenters. The Morgan fingerprint density at radius 2 is 2.10 bits per heavy atom. The van der Waals surface area contributed by atoms with E-state index in [1.807, 2.05) is 29.6 Å². The van der Waals surface area contributed by atoms with Gasteiger partial charge in [-0.2, -0.15) is 0 Å². The fourth-order valence-corrected chi connectivity index (χ4v) is 3.57. The summed E-state index contributed by atoms with van der Waals surface area (Å²) >= 11 is 1.46. The summed E-state index contributed by atoms with van der Waals surface area (Å²) in [5.41, 5.74) is 8.30. The fraction of sp³-hybridized carbons (Fsp3) is 0.375. The van der Waals surface area contributed by atoms with Gasteiger partial charge in [0, 0.05) is 22.5 Å². The SMILES string of the molecule is CC1CCCC1C(=O)Nc1nc(-c2ccc(N)cc2)cs1. The van der Waals surface area contributed by atoms with Gasteiger partial charge < -0.3 is 11.1 Å². The molecule has 21 heavy (non-hydrogen) atoms. The van der Waals surface area contributed by atoms with Gasteiger partial charge in [0.2, 0.25) is 5.91 Å². The molecule has 4 nitrogen and oxygen atoms in total. The minimum absolute atomic E-state index is 0.109. The molecule has 3 rings (SSSR count). The third kappa shape index (κ3) is 3.08. The lowest BCUT2D eigenvalue weighted by Gasteiger charge is -2.13. The minimum Gasteiger partial charge on any atom is -0.399 e. The normalized spacial score (nSPS) is 21.4. The maximum absolute atomic E-state index is 12.3. The smallest absolute Gasteiger partial charge is 0.229 e. The van der Waals surface area contributed by atoms with Crippen molar-refractivity contribution in [3.8, 4) is 11.3 Å². The molecule has 1 aromatic carbocycles. The van der Waals surface area contributed by atoms with Gasteiger partial charge in [-0.15, -0.1) is 11.3 Å². The number of carbonyl (C=O) groups excluding carboxylic acids is 1. The molecule has 1 heterocycles. The molecule has 1 amide bonds. The van der Waals surface area contributed by atoms with Crippen LogP contribution in [0.25, 0.3) is 11.3 Å². The van der Waals surface area contributed by atoms with Gasteiger partial charge in [0.25, 0.3) is 0 Å². The standard InChI is InChI=1S/C16H19N3OS/c1-10-3-2-4-13(10)15(20)19-16-18-14(9-21-16)11-5-7-12(17)8-6-11/h5-10,13H,2-4,17H2,1H3,(H,18,19,20). The quantitative estimate of drug-likeness (QED) is 0.848. The van der Waals surface area contributed by atoms with E-state index in [-0.39, 0.29) is 11.8 Å². The predicted octanol–water partition coefficient (Wildman–Crippen LogP) is 3.77. The Kier molecular flexibility index (Phi) is 3.92. The monoisotopic (exact) mass is 301 g/mol. The summed E-state index contributed by atoms with van der Waals surface area (Å²) in [5, 5.41) is 5.59. The number of anilines is 2. The maximum atomic E-state index is 12.3. The second kappa shape index (κ2) is 5.85. The molecule has 0 bridgehead atoms. The molecule has 0 aliphatic heterocycles. The Morgan fingerprint density at radius 1 is 1.33 bits per heavy atom. The van der Waals surface area contributed by atoms with Gasteiger partial charge in [-0.1, -0.05) is 25.5 Å². The van der Waals surface area contributed by atoms with Crippen LogP contribution in [0.4, 0.5) is 10.8 Å². The first-order valence-electron chi connectivity index (χ1n) is 7.26. The third-order valence-corrected chi connectivity index (χ3v) is 4.90. The second-order valence-electron chi connectivity index (χ2n) is 5.66. The number of nitrogens with one attached hydrogen (secondary N) is 1. The van der Waals surface area contributed by atoms with E-state index in [2.05, 4.69) is 17.2 Å². The molecule has 1 aromatic heterocycles. The summed E-state index contributed by atoms with van der Waals surface area (Å²) in [6.07, 6.45) is 3.28. The van der Waals surface area contributed by atoms with E-state index < -0.39 is 0 Å². The fourth-order valence-electron chi connectivity index (χ4n) is 2.85. The van der Waals surface area contributed by atoms with Crippen LogP contribution in [0.1, 0.15) is 26.2 Å². The van der Waals surface area contributed by atoms with Gasteiger partial charge in [-0.05, 0) is 30.9 Å². The van der Waals surface area contributed by atoms with Gasteiger partial charge in [-0.25, -0.2) is 4.98 Å². The molecule has 1 aliphatic rings. The Bertz CT molecular complexity index is 635. The van der Waals surface area contributed by atoms with E-state index in [4.69, 9.17) is 5.73 Å². The first-order chi connectivity index (χ1) is 10.1. The second-order valence-corrected chi connectivity index (χ2v) is 6.52. The van der Waals surface area contributed by atoms with Gasteiger partial charge in [0.05, 0.1) is 5.69 Å². The van der Waals surface area contributed by atoms with Crippen molar-refractivity contribution in [2.75, 3.05) is 11.1 Å². The Balaban J connectivity index is 1.70. The Hall–Kier alpha value is -1.88. The molecule has 5 heteroatoms. The zero-order valence-electron chi connectivity index (χ0n) is 12.0. The number of carbonyl (C=O) groups is 1. The molecule has 1 saturated carbocycles. The molecular formula is C16H19N3OS. The van der Waals surface area contributed by atoms with Crippen LogP contribution in [0.2, 0.25) is 0 Å². The van der Waals surface area contributed by atoms with Crippen molar-refractivity contribution in [2.24, 2.45) is 11.8 Å². The minimum atomic E-state index is 0.109. The van der Waals surface area contributed by atoms with E-state index >= 15 is 0 Å². The highest BCUT2D eigenvalue weighted by atomic mass is 32.1. The van der Waals surface area contributed by atoms with Crippen LogP contribution in [-0.4, -0.2) is 10.9 Å². The van der Waals surface area contributed by atoms with Crippen LogP contribution in [0.3, 0.4) is 0 Å². The zero-order valence-corrected chi connectivity index (χ0v) is 12.8. The molecule has 3 N–H and O–H groups in total. The summed E-state index contributed by atoms with van der Waals surface area (Å²) in [6, 6.07) is 7.59. The van der Waals surface area contributed by atoms with Crippen LogP contribution in [0.5, 0.6) is 0 Å². The first kappa shape index (κ1) is 14.1. The van der Waals surface area contributed by atoms with E-state index in [9.17, 15) is 4.79 Å². The number of benzene rings is 1. The maximum Gasteiger partial charge on any atom is 0.229 e. The van der Waals surface area contributed by atoms with Crippen LogP contribution in [-0.2, 0) is 4.79 Å². The van der Waals surface area contributed by atoms with E-state index in [1.165, 1.54) is 11.3 Å². The Labute approximate surface area is 128 Å². The topological polar surface area (TPSA) is 68.0 Å². The average molecular weight is 301 g/mol. The third-order valence-electron chi connectivity index (χ3n) is 4.14. The number of amides is 1. The summed E-state index contributed by atoms with van der Waals surface area (Å²) < 4.78 is 0. The van der Waals surface area contributed by atoms with Gasteiger partial charge in [-0.3, -0.25) is 4.79 Å². The molecular weight excluding hydrogens is 282 g/mol. The molecule has 110 valence electrons. The molecule has 2 unspecified atom stereocenters. The zero-order chi connectivity index (χ0) is 14.8. The number of hydrogen-bond donors (Lipinski definition) is 2.